The van der Waals surface area contributed by atoms with Crippen molar-refractivity contribution in [3.63, 3.8) is 0 Å². The van der Waals surface area contributed by atoms with Crippen LogP contribution in [-0.4, -0.2) is 18.0 Å². The van der Waals surface area contributed by atoms with Crippen molar-refractivity contribution in [1.29, 1.82) is 0 Å². The highest BCUT2D eigenvalue weighted by atomic mass is 35.5. The van der Waals surface area contributed by atoms with Gasteiger partial charge in [0, 0.05) is 21.5 Å². The quantitative estimate of drug-likeness (QED) is 0.696. The van der Waals surface area contributed by atoms with E-state index in [9.17, 15) is 9.18 Å². The second kappa shape index (κ2) is 7.63. The number of hydrogen-bond acceptors (Lipinski definition) is 4. The van der Waals surface area contributed by atoms with E-state index in [4.69, 9.17) is 16.3 Å². The minimum atomic E-state index is -0.303. The van der Waals surface area contributed by atoms with Gasteiger partial charge in [-0.3, -0.25) is 4.79 Å². The van der Waals surface area contributed by atoms with Crippen molar-refractivity contribution in [2.45, 2.75) is 6.42 Å². The Morgan fingerprint density at radius 3 is 2.76 bits per heavy atom. The van der Waals surface area contributed by atoms with E-state index in [-0.39, 0.29) is 18.1 Å². The maximum atomic E-state index is 13.0. The number of rotatable bonds is 5. The molecule has 7 heteroatoms. The molecule has 3 rings (SSSR count). The molecular weight excluding hydrogens is 363 g/mol. The van der Waals surface area contributed by atoms with Gasteiger partial charge in [0.2, 0.25) is 5.91 Å². The van der Waals surface area contributed by atoms with E-state index in [2.05, 4.69) is 10.3 Å². The van der Waals surface area contributed by atoms with E-state index in [0.29, 0.717) is 27.2 Å². The summed E-state index contributed by atoms with van der Waals surface area (Å²) in [5.74, 6) is 0.0780. The van der Waals surface area contributed by atoms with Crippen LogP contribution in [-0.2, 0) is 11.2 Å². The van der Waals surface area contributed by atoms with Gasteiger partial charge in [-0.15, -0.1) is 11.3 Å². The van der Waals surface area contributed by atoms with Crippen LogP contribution in [0.1, 0.15) is 5.56 Å². The Labute approximate surface area is 153 Å². The molecule has 2 aromatic carbocycles. The lowest BCUT2D eigenvalue weighted by Gasteiger charge is -2.08. The molecule has 25 heavy (non-hydrogen) atoms. The first-order valence-electron chi connectivity index (χ1n) is 7.39. The maximum Gasteiger partial charge on any atom is 0.230 e. The third-order valence-electron chi connectivity index (χ3n) is 3.48. The zero-order chi connectivity index (χ0) is 17.8. The topological polar surface area (TPSA) is 51.2 Å². The molecule has 0 fully saturated rings. The number of amides is 1. The van der Waals surface area contributed by atoms with Crippen molar-refractivity contribution in [2.24, 2.45) is 0 Å². The van der Waals surface area contributed by atoms with E-state index < -0.39 is 0 Å². The van der Waals surface area contributed by atoms with Crippen molar-refractivity contribution in [3.8, 4) is 17.0 Å². The number of nitrogens with one attached hydrogen (secondary N) is 1. The number of thiazole rings is 1. The van der Waals surface area contributed by atoms with E-state index in [1.54, 1.807) is 37.4 Å². The zero-order valence-electron chi connectivity index (χ0n) is 13.3. The Kier molecular flexibility index (Phi) is 5.31. The number of benzene rings is 2. The fourth-order valence-electron chi connectivity index (χ4n) is 2.31. The van der Waals surface area contributed by atoms with Crippen LogP contribution in [0.5, 0.6) is 5.75 Å². The maximum absolute atomic E-state index is 13.0. The summed E-state index contributed by atoms with van der Waals surface area (Å²) in [4.78, 5) is 16.6. The zero-order valence-corrected chi connectivity index (χ0v) is 14.8. The third-order valence-corrected chi connectivity index (χ3v) is 4.48. The average molecular weight is 377 g/mol. The van der Waals surface area contributed by atoms with Crippen LogP contribution in [0.25, 0.3) is 11.3 Å². The van der Waals surface area contributed by atoms with Crippen LogP contribution in [0, 0.1) is 5.82 Å². The molecule has 1 amide bonds. The lowest BCUT2D eigenvalue weighted by molar-refractivity contribution is -0.115. The number of ether oxygens (including phenoxy) is 1. The highest BCUT2D eigenvalue weighted by Crippen LogP contribution is 2.26. The van der Waals surface area contributed by atoms with E-state index in [0.717, 1.165) is 5.56 Å². The number of methoxy groups -OCH3 is 1. The van der Waals surface area contributed by atoms with Gasteiger partial charge < -0.3 is 10.1 Å². The molecule has 3 aromatic rings. The fourth-order valence-corrected chi connectivity index (χ4v) is 3.24. The largest absolute Gasteiger partial charge is 0.496 e. The Hall–Kier alpha value is -2.44. The predicted molar refractivity (Wildman–Crippen MR) is 97.8 cm³/mol. The second-order valence-electron chi connectivity index (χ2n) is 5.23. The SMILES string of the molecule is COc1ccc(Cl)cc1CC(=O)Nc1nc(-c2ccc(F)cc2)cs1. The molecule has 128 valence electrons. The van der Waals surface area contributed by atoms with Gasteiger partial charge in [-0.2, -0.15) is 0 Å². The molecule has 0 radical (unpaired) electrons. The van der Waals surface area contributed by atoms with Gasteiger partial charge in [-0.05, 0) is 42.5 Å². The predicted octanol–water partition coefficient (Wildman–Crippen LogP) is 4.79. The molecule has 0 bridgehead atoms. The standard InChI is InChI=1S/C18H14ClFN2O2S/c1-24-16-7-4-13(19)8-12(16)9-17(23)22-18-21-15(10-25-18)11-2-5-14(20)6-3-11/h2-8,10H,9H2,1H3,(H,21,22,23). The normalized spacial score (nSPS) is 10.5. The van der Waals surface area contributed by atoms with Crippen molar-refractivity contribution < 1.29 is 13.9 Å². The summed E-state index contributed by atoms with van der Waals surface area (Å²) in [5, 5.41) is 5.58. The van der Waals surface area contributed by atoms with Gasteiger partial charge in [0.1, 0.15) is 11.6 Å². The molecule has 0 saturated carbocycles. The highest BCUT2D eigenvalue weighted by Gasteiger charge is 2.12. The van der Waals surface area contributed by atoms with Gasteiger partial charge in [-0.1, -0.05) is 11.6 Å². The van der Waals surface area contributed by atoms with Crippen LogP contribution in [0.15, 0.2) is 47.8 Å². The lowest BCUT2D eigenvalue weighted by atomic mass is 10.1. The number of nitrogens with zero attached hydrogens (tertiary/aromatic N) is 1. The first-order valence-corrected chi connectivity index (χ1v) is 8.64. The van der Waals surface area contributed by atoms with Crippen LogP contribution >= 0.6 is 22.9 Å². The van der Waals surface area contributed by atoms with Gasteiger partial charge in [-0.25, -0.2) is 9.37 Å². The van der Waals surface area contributed by atoms with E-state index in [1.807, 2.05) is 5.38 Å². The molecule has 4 nitrogen and oxygen atoms in total. The number of carbonyl (C=O) groups excluding carboxylic acids is 1. The van der Waals surface area contributed by atoms with Crippen LogP contribution in [0.2, 0.25) is 5.02 Å². The van der Waals surface area contributed by atoms with E-state index >= 15 is 0 Å². The Balaban J connectivity index is 1.70. The van der Waals surface area contributed by atoms with Crippen LogP contribution in [0.3, 0.4) is 0 Å². The highest BCUT2D eigenvalue weighted by molar-refractivity contribution is 7.14. The van der Waals surface area contributed by atoms with Gasteiger partial charge in [0.25, 0.3) is 0 Å². The van der Waals surface area contributed by atoms with Crippen molar-refractivity contribution in [3.05, 3.63) is 64.2 Å². The summed E-state index contributed by atoms with van der Waals surface area (Å²) in [5.41, 5.74) is 2.16. The molecule has 0 atom stereocenters. The molecule has 1 aromatic heterocycles. The number of carbonyl (C=O) groups is 1. The third kappa shape index (κ3) is 4.35. The second-order valence-corrected chi connectivity index (χ2v) is 6.52. The van der Waals surface area contributed by atoms with E-state index in [1.165, 1.54) is 23.5 Å². The monoisotopic (exact) mass is 376 g/mol. The summed E-state index contributed by atoms with van der Waals surface area (Å²) in [6.07, 6.45) is 0.120. The number of aromatic nitrogens is 1. The van der Waals surface area contributed by atoms with Crippen molar-refractivity contribution in [2.75, 3.05) is 12.4 Å². The van der Waals surface area contributed by atoms with Crippen LogP contribution in [0.4, 0.5) is 9.52 Å². The number of halogens is 2. The molecular formula is C18H14ClFN2O2S. The average Bonchev–Trinajstić information content (AvgIpc) is 3.04. The van der Waals surface area contributed by atoms with Crippen molar-refractivity contribution in [1.82, 2.24) is 4.98 Å². The Morgan fingerprint density at radius 2 is 2.04 bits per heavy atom. The number of hydrogen-bond donors (Lipinski definition) is 1. The molecule has 0 aliphatic rings. The number of anilines is 1. The molecule has 0 aliphatic heterocycles. The summed E-state index contributed by atoms with van der Waals surface area (Å²) in [6.45, 7) is 0. The van der Waals surface area contributed by atoms with Crippen molar-refractivity contribution >= 4 is 34.0 Å². The fraction of sp³-hybridized carbons (Fsp3) is 0.111. The molecule has 0 aliphatic carbocycles. The summed E-state index contributed by atoms with van der Waals surface area (Å²) in [7, 11) is 1.54. The molecule has 1 N–H and O–H groups in total. The first kappa shape index (κ1) is 17.4. The lowest BCUT2D eigenvalue weighted by Crippen LogP contribution is -2.14. The molecule has 0 saturated heterocycles. The smallest absolute Gasteiger partial charge is 0.230 e. The van der Waals surface area contributed by atoms with Gasteiger partial charge in [0.05, 0.1) is 19.2 Å². The minimum Gasteiger partial charge on any atom is -0.496 e. The Bertz CT molecular complexity index is 896. The molecule has 0 spiro atoms. The van der Waals surface area contributed by atoms with Gasteiger partial charge in [0.15, 0.2) is 5.13 Å². The summed E-state index contributed by atoms with van der Waals surface area (Å²) >= 11 is 7.28. The first-order chi connectivity index (χ1) is 12.0. The summed E-state index contributed by atoms with van der Waals surface area (Å²) in [6, 6.07) is 11.2. The van der Waals surface area contributed by atoms with Gasteiger partial charge >= 0.3 is 0 Å². The molecule has 0 unspecified atom stereocenters. The molecule has 1 heterocycles. The Morgan fingerprint density at radius 1 is 1.28 bits per heavy atom. The minimum absolute atomic E-state index is 0.120. The van der Waals surface area contributed by atoms with Crippen LogP contribution < -0.4 is 10.1 Å². The summed E-state index contributed by atoms with van der Waals surface area (Å²) < 4.78 is 18.2.